The second-order valence-corrected chi connectivity index (χ2v) is 7.12. The molecule has 1 rings (SSSR count). The van der Waals surface area contributed by atoms with Gasteiger partial charge in [0, 0.05) is 12.1 Å². The van der Waals surface area contributed by atoms with Gasteiger partial charge in [-0.2, -0.15) is 17.4 Å². The van der Waals surface area contributed by atoms with E-state index in [-0.39, 0.29) is 11.0 Å². The molecule has 16 heavy (non-hydrogen) atoms. The third kappa shape index (κ3) is 3.38. The molecule has 7 heteroatoms. The maximum Gasteiger partial charge on any atom is 0.280 e. The topological polar surface area (TPSA) is 75.4 Å². The van der Waals surface area contributed by atoms with Crippen LogP contribution in [0.3, 0.4) is 0 Å². The Morgan fingerprint density at radius 3 is 2.50 bits per heavy atom. The molecule has 94 valence electrons. The third-order valence-electron chi connectivity index (χ3n) is 2.28. The molecular weight excluding hydrogens is 246 g/mol. The Bertz CT molecular complexity index is 373. The van der Waals surface area contributed by atoms with Gasteiger partial charge in [0.05, 0.1) is 11.0 Å². The molecule has 0 spiro atoms. The highest BCUT2D eigenvalue weighted by Gasteiger charge is 2.37. The third-order valence-corrected chi connectivity index (χ3v) is 4.47. The van der Waals surface area contributed by atoms with Crippen molar-refractivity contribution in [1.29, 1.82) is 0 Å². The van der Waals surface area contributed by atoms with E-state index in [4.69, 9.17) is 18.0 Å². The highest BCUT2D eigenvalue weighted by molar-refractivity contribution is 7.87. The van der Waals surface area contributed by atoms with Crippen LogP contribution in [-0.4, -0.2) is 35.8 Å². The van der Waals surface area contributed by atoms with Crippen molar-refractivity contribution in [2.75, 3.05) is 6.54 Å². The number of nitrogens with one attached hydrogen (secondary N) is 1. The second-order valence-electron chi connectivity index (χ2n) is 5.03. The summed E-state index contributed by atoms with van der Waals surface area (Å²) in [5, 5.41) is 0. The Kier molecular flexibility index (Phi) is 3.94. The van der Waals surface area contributed by atoms with Gasteiger partial charge >= 0.3 is 0 Å². The smallest absolute Gasteiger partial charge is 0.280 e. The predicted molar refractivity (Wildman–Crippen MR) is 68.3 cm³/mol. The van der Waals surface area contributed by atoms with Crippen molar-refractivity contribution in [3.05, 3.63) is 0 Å². The van der Waals surface area contributed by atoms with Gasteiger partial charge in [-0.25, -0.2) is 0 Å². The van der Waals surface area contributed by atoms with Crippen molar-refractivity contribution in [3.63, 3.8) is 0 Å². The molecule has 0 aliphatic carbocycles. The van der Waals surface area contributed by atoms with Crippen molar-refractivity contribution in [2.45, 2.75) is 45.2 Å². The molecule has 1 atom stereocenters. The van der Waals surface area contributed by atoms with Gasteiger partial charge in [0.25, 0.3) is 10.2 Å². The lowest BCUT2D eigenvalue weighted by molar-refractivity contribution is 0.408. The first-order chi connectivity index (χ1) is 7.13. The zero-order valence-electron chi connectivity index (χ0n) is 9.86. The number of nitrogens with two attached hydrogens (primary N) is 1. The lowest BCUT2D eigenvalue weighted by Crippen LogP contribution is -2.52. The van der Waals surface area contributed by atoms with Crippen molar-refractivity contribution in [3.8, 4) is 0 Å². The maximum absolute atomic E-state index is 12.1. The second kappa shape index (κ2) is 4.56. The first kappa shape index (κ1) is 13.8. The van der Waals surface area contributed by atoms with E-state index in [2.05, 4.69) is 4.72 Å². The molecule has 1 heterocycles. The molecule has 5 nitrogen and oxygen atoms in total. The predicted octanol–water partition coefficient (Wildman–Crippen LogP) is 0.370. The van der Waals surface area contributed by atoms with Crippen LogP contribution in [0.5, 0.6) is 0 Å². The van der Waals surface area contributed by atoms with Crippen molar-refractivity contribution in [1.82, 2.24) is 9.03 Å². The summed E-state index contributed by atoms with van der Waals surface area (Å²) < 4.78 is 28.1. The number of hydrogen-bond donors (Lipinski definition) is 2. The fraction of sp³-hybridized carbons (Fsp3) is 0.889. The molecule has 0 bridgehead atoms. The summed E-state index contributed by atoms with van der Waals surface area (Å²) in [7, 11) is -3.50. The summed E-state index contributed by atoms with van der Waals surface area (Å²) in [5.41, 5.74) is 5.05. The Hall–Kier alpha value is -0.240. The van der Waals surface area contributed by atoms with Crippen LogP contribution in [0.1, 0.15) is 33.6 Å². The quantitative estimate of drug-likeness (QED) is 0.723. The number of nitrogens with zero attached hydrogens (tertiary/aromatic N) is 1. The van der Waals surface area contributed by atoms with E-state index in [1.807, 2.05) is 0 Å². The molecule has 1 unspecified atom stereocenters. The zero-order chi connectivity index (χ0) is 12.6. The average Bonchev–Trinajstić information content (AvgIpc) is 2.45. The molecule has 0 saturated carbocycles. The monoisotopic (exact) mass is 265 g/mol. The van der Waals surface area contributed by atoms with E-state index in [1.165, 1.54) is 4.31 Å². The van der Waals surface area contributed by atoms with Crippen LogP contribution in [0, 0.1) is 0 Å². The van der Waals surface area contributed by atoms with Gasteiger partial charge in [-0.15, -0.1) is 0 Å². The molecule has 0 radical (unpaired) electrons. The van der Waals surface area contributed by atoms with Gasteiger partial charge in [0.2, 0.25) is 0 Å². The molecule has 0 amide bonds. The first-order valence-electron chi connectivity index (χ1n) is 5.23. The Balaban J connectivity index is 2.87. The van der Waals surface area contributed by atoms with E-state index in [0.717, 1.165) is 6.42 Å². The minimum atomic E-state index is -3.50. The van der Waals surface area contributed by atoms with Crippen LogP contribution in [0.25, 0.3) is 0 Å². The molecule has 0 aromatic rings. The average molecular weight is 265 g/mol. The van der Waals surface area contributed by atoms with Crippen LogP contribution < -0.4 is 10.5 Å². The van der Waals surface area contributed by atoms with E-state index < -0.39 is 15.7 Å². The molecule has 3 N–H and O–H groups in total. The van der Waals surface area contributed by atoms with E-state index in [9.17, 15) is 8.42 Å². The summed E-state index contributed by atoms with van der Waals surface area (Å²) >= 11 is 4.89. The largest absolute Gasteiger partial charge is 0.392 e. The van der Waals surface area contributed by atoms with E-state index >= 15 is 0 Å². The van der Waals surface area contributed by atoms with Gasteiger partial charge in [-0.05, 0) is 33.6 Å². The van der Waals surface area contributed by atoms with Crippen LogP contribution in [-0.2, 0) is 10.2 Å². The van der Waals surface area contributed by atoms with Crippen molar-refractivity contribution < 1.29 is 8.42 Å². The van der Waals surface area contributed by atoms with E-state index in [1.54, 1.807) is 20.8 Å². The number of rotatable bonds is 3. The Morgan fingerprint density at radius 1 is 1.50 bits per heavy atom. The maximum atomic E-state index is 12.1. The fourth-order valence-electron chi connectivity index (χ4n) is 1.76. The van der Waals surface area contributed by atoms with Crippen molar-refractivity contribution in [2.24, 2.45) is 5.73 Å². The standard InChI is InChI=1S/C9H19N3O2S2/c1-9(2,3)11-16(13,14)12-6-4-5-7(12)8(10)15/h7,11H,4-6H2,1-3H3,(H2,10,15). The fourth-order valence-corrected chi connectivity index (χ4v) is 3.88. The Labute approximate surface area is 103 Å². The molecule has 0 aromatic heterocycles. The highest BCUT2D eigenvalue weighted by atomic mass is 32.2. The van der Waals surface area contributed by atoms with Crippen LogP contribution >= 0.6 is 12.2 Å². The highest BCUT2D eigenvalue weighted by Crippen LogP contribution is 2.21. The lowest BCUT2D eigenvalue weighted by Gasteiger charge is -2.28. The number of thiocarbonyl (C=S) groups is 1. The Morgan fingerprint density at radius 2 is 2.06 bits per heavy atom. The molecular formula is C9H19N3O2S2. The zero-order valence-corrected chi connectivity index (χ0v) is 11.5. The minimum absolute atomic E-state index is 0.247. The molecule has 1 fully saturated rings. The summed E-state index contributed by atoms with van der Waals surface area (Å²) in [6.07, 6.45) is 1.51. The van der Waals surface area contributed by atoms with E-state index in [0.29, 0.717) is 13.0 Å². The minimum Gasteiger partial charge on any atom is -0.392 e. The lowest BCUT2D eigenvalue weighted by atomic mass is 10.1. The number of hydrogen-bond acceptors (Lipinski definition) is 3. The van der Waals surface area contributed by atoms with Gasteiger partial charge in [0.15, 0.2) is 0 Å². The molecule has 1 aliphatic rings. The summed E-state index contributed by atoms with van der Waals surface area (Å²) in [4.78, 5) is 0.247. The van der Waals surface area contributed by atoms with Gasteiger partial charge in [-0.3, -0.25) is 0 Å². The van der Waals surface area contributed by atoms with Gasteiger partial charge in [-0.1, -0.05) is 12.2 Å². The van der Waals surface area contributed by atoms with Crippen LogP contribution in [0.15, 0.2) is 0 Å². The SMILES string of the molecule is CC(C)(C)NS(=O)(=O)N1CCCC1C(N)=S. The van der Waals surface area contributed by atoms with Crippen LogP contribution in [0.2, 0.25) is 0 Å². The van der Waals surface area contributed by atoms with Gasteiger partial charge < -0.3 is 5.73 Å². The van der Waals surface area contributed by atoms with Crippen LogP contribution in [0.4, 0.5) is 0 Å². The molecule has 1 aliphatic heterocycles. The summed E-state index contributed by atoms with van der Waals surface area (Å²) in [6, 6.07) is -0.338. The summed E-state index contributed by atoms with van der Waals surface area (Å²) in [6.45, 7) is 5.89. The molecule has 0 aromatic carbocycles. The molecule has 1 saturated heterocycles. The normalized spacial score (nSPS) is 23.6. The van der Waals surface area contributed by atoms with Gasteiger partial charge in [0.1, 0.15) is 0 Å². The van der Waals surface area contributed by atoms with Crippen molar-refractivity contribution >= 4 is 27.4 Å². The first-order valence-corrected chi connectivity index (χ1v) is 7.08. The summed E-state index contributed by atoms with van der Waals surface area (Å²) in [5.74, 6) is 0.